The van der Waals surface area contributed by atoms with Gasteiger partial charge in [-0.3, -0.25) is 0 Å². The van der Waals surface area contributed by atoms with Gasteiger partial charge in [-0.1, -0.05) is 36.4 Å². The van der Waals surface area contributed by atoms with Crippen LogP contribution in [0.3, 0.4) is 0 Å². The number of para-hydroxylation sites is 4. The number of thiol groups is 1. The molecule has 0 fully saturated rings. The molecule has 3 heteroatoms. The zero-order valence-corrected chi connectivity index (χ0v) is 12.1. The average Bonchev–Trinajstić information content (AvgIpc) is 2.54. The van der Waals surface area contributed by atoms with E-state index >= 15 is 0 Å². The van der Waals surface area contributed by atoms with Crippen molar-refractivity contribution in [2.75, 3.05) is 4.90 Å². The summed E-state index contributed by atoms with van der Waals surface area (Å²) in [5.41, 5.74) is 3.10. The fourth-order valence-corrected chi connectivity index (χ4v) is 2.93. The Morgan fingerprint density at radius 3 is 2.29 bits per heavy atom. The van der Waals surface area contributed by atoms with E-state index in [0.29, 0.717) is 0 Å². The molecule has 2 nitrogen and oxygen atoms in total. The van der Waals surface area contributed by atoms with Crippen molar-refractivity contribution in [3.8, 4) is 11.5 Å². The molecule has 0 unspecified atom stereocenters. The number of ether oxygens (including phenoxy) is 1. The molecule has 21 heavy (non-hydrogen) atoms. The molecule has 0 amide bonds. The molecule has 1 aliphatic rings. The molecule has 0 aliphatic carbocycles. The van der Waals surface area contributed by atoms with Gasteiger partial charge in [0, 0.05) is 10.6 Å². The zero-order chi connectivity index (χ0) is 14.2. The Kier molecular flexibility index (Phi) is 2.86. The van der Waals surface area contributed by atoms with Crippen LogP contribution < -0.4 is 9.64 Å². The summed E-state index contributed by atoms with van der Waals surface area (Å²) < 4.78 is 6.02. The smallest absolute Gasteiger partial charge is 0.152 e. The van der Waals surface area contributed by atoms with Gasteiger partial charge in [0.25, 0.3) is 0 Å². The Hall–Kier alpha value is -2.39. The molecular weight excluding hydrogens is 278 g/mol. The SMILES string of the molecule is Sc1cccc2c1N(c1ccccc1)c1ccccc1O2. The summed E-state index contributed by atoms with van der Waals surface area (Å²) in [5, 5.41) is 0. The Balaban J connectivity index is 2.01. The lowest BCUT2D eigenvalue weighted by Gasteiger charge is -2.33. The molecule has 102 valence electrons. The van der Waals surface area contributed by atoms with E-state index in [4.69, 9.17) is 4.74 Å². The van der Waals surface area contributed by atoms with Crippen molar-refractivity contribution < 1.29 is 4.74 Å². The topological polar surface area (TPSA) is 12.5 Å². The van der Waals surface area contributed by atoms with E-state index < -0.39 is 0 Å². The second-order valence-electron chi connectivity index (χ2n) is 4.86. The van der Waals surface area contributed by atoms with Crippen molar-refractivity contribution in [1.82, 2.24) is 0 Å². The molecule has 1 aliphatic heterocycles. The number of nitrogens with zero attached hydrogens (tertiary/aromatic N) is 1. The number of benzene rings is 3. The zero-order valence-electron chi connectivity index (χ0n) is 11.2. The number of anilines is 3. The third-order valence-corrected chi connectivity index (χ3v) is 3.90. The predicted octanol–water partition coefficient (Wildman–Crippen LogP) is 5.55. The maximum Gasteiger partial charge on any atom is 0.152 e. The molecule has 1 heterocycles. The Bertz CT molecular complexity index is 801. The molecule has 0 atom stereocenters. The quantitative estimate of drug-likeness (QED) is 0.461. The van der Waals surface area contributed by atoms with Crippen molar-refractivity contribution >= 4 is 29.7 Å². The molecular formula is C18H13NOS. The Morgan fingerprint density at radius 2 is 1.43 bits per heavy atom. The van der Waals surface area contributed by atoms with Gasteiger partial charge in [-0.2, -0.15) is 0 Å². The fraction of sp³-hybridized carbons (Fsp3) is 0. The number of rotatable bonds is 1. The van der Waals surface area contributed by atoms with E-state index in [1.807, 2.05) is 54.6 Å². The molecule has 0 saturated heterocycles. The highest BCUT2D eigenvalue weighted by molar-refractivity contribution is 7.80. The van der Waals surface area contributed by atoms with E-state index in [-0.39, 0.29) is 0 Å². The first-order chi connectivity index (χ1) is 10.3. The lowest BCUT2D eigenvalue weighted by Crippen LogP contribution is -2.16. The Morgan fingerprint density at radius 1 is 0.714 bits per heavy atom. The van der Waals surface area contributed by atoms with Crippen LogP contribution in [-0.2, 0) is 0 Å². The summed E-state index contributed by atoms with van der Waals surface area (Å²) >= 11 is 4.62. The Labute approximate surface area is 129 Å². The molecule has 0 spiro atoms. The summed E-state index contributed by atoms with van der Waals surface area (Å²) in [7, 11) is 0. The molecule has 0 aromatic heterocycles. The second-order valence-corrected chi connectivity index (χ2v) is 5.35. The van der Waals surface area contributed by atoms with E-state index in [1.54, 1.807) is 0 Å². The van der Waals surface area contributed by atoms with Crippen LogP contribution in [0.25, 0.3) is 0 Å². The van der Waals surface area contributed by atoms with Crippen LogP contribution >= 0.6 is 12.6 Å². The monoisotopic (exact) mass is 291 g/mol. The highest BCUT2D eigenvalue weighted by Crippen LogP contribution is 2.52. The van der Waals surface area contributed by atoms with Gasteiger partial charge in [-0.15, -0.1) is 12.6 Å². The van der Waals surface area contributed by atoms with Gasteiger partial charge >= 0.3 is 0 Å². The van der Waals surface area contributed by atoms with Crippen molar-refractivity contribution in [3.63, 3.8) is 0 Å². The van der Waals surface area contributed by atoms with Crippen LogP contribution in [0.2, 0.25) is 0 Å². The van der Waals surface area contributed by atoms with E-state index in [2.05, 4.69) is 35.7 Å². The maximum absolute atomic E-state index is 6.02. The summed E-state index contributed by atoms with van der Waals surface area (Å²) in [4.78, 5) is 3.09. The first-order valence-corrected chi connectivity index (χ1v) is 7.23. The molecule has 3 aromatic rings. The molecule has 3 aromatic carbocycles. The lowest BCUT2D eigenvalue weighted by atomic mass is 10.1. The molecule has 4 rings (SSSR count). The van der Waals surface area contributed by atoms with Gasteiger partial charge in [0.1, 0.15) is 5.69 Å². The number of hydrogen-bond donors (Lipinski definition) is 1. The van der Waals surface area contributed by atoms with Crippen LogP contribution in [0.4, 0.5) is 17.1 Å². The molecule has 0 bridgehead atoms. The summed E-state index contributed by atoms with van der Waals surface area (Å²) in [6.45, 7) is 0. The van der Waals surface area contributed by atoms with Crippen LogP contribution in [0, 0.1) is 0 Å². The van der Waals surface area contributed by atoms with Crippen molar-refractivity contribution in [2.45, 2.75) is 4.90 Å². The third kappa shape index (κ3) is 1.98. The summed E-state index contributed by atoms with van der Waals surface area (Å²) in [6.07, 6.45) is 0. The van der Waals surface area contributed by atoms with Crippen molar-refractivity contribution in [3.05, 3.63) is 72.8 Å². The minimum atomic E-state index is 0.824. The number of fused-ring (bicyclic) bond motifs is 2. The minimum absolute atomic E-state index is 0.824. The predicted molar refractivity (Wildman–Crippen MR) is 88.5 cm³/mol. The van der Waals surface area contributed by atoms with Crippen LogP contribution in [-0.4, -0.2) is 0 Å². The number of hydrogen-bond acceptors (Lipinski definition) is 3. The van der Waals surface area contributed by atoms with Gasteiger partial charge < -0.3 is 9.64 Å². The van der Waals surface area contributed by atoms with Crippen molar-refractivity contribution in [1.29, 1.82) is 0 Å². The van der Waals surface area contributed by atoms with Gasteiger partial charge in [0.15, 0.2) is 11.5 Å². The minimum Gasteiger partial charge on any atom is -0.453 e. The first-order valence-electron chi connectivity index (χ1n) is 6.78. The van der Waals surface area contributed by atoms with E-state index in [0.717, 1.165) is 33.5 Å². The average molecular weight is 291 g/mol. The van der Waals surface area contributed by atoms with Gasteiger partial charge in [0.2, 0.25) is 0 Å². The van der Waals surface area contributed by atoms with Gasteiger partial charge in [-0.25, -0.2) is 0 Å². The maximum atomic E-state index is 6.02. The summed E-state index contributed by atoms with van der Waals surface area (Å²) in [5.74, 6) is 1.68. The third-order valence-electron chi connectivity index (χ3n) is 3.54. The van der Waals surface area contributed by atoms with E-state index in [1.165, 1.54) is 0 Å². The molecule has 0 saturated carbocycles. The molecule has 0 N–H and O–H groups in total. The van der Waals surface area contributed by atoms with Crippen LogP contribution in [0.15, 0.2) is 77.7 Å². The highest BCUT2D eigenvalue weighted by atomic mass is 32.1. The van der Waals surface area contributed by atoms with Gasteiger partial charge in [-0.05, 0) is 36.4 Å². The van der Waals surface area contributed by atoms with Crippen LogP contribution in [0.1, 0.15) is 0 Å². The second kappa shape index (κ2) is 4.86. The lowest BCUT2D eigenvalue weighted by molar-refractivity contribution is 0.475. The highest BCUT2D eigenvalue weighted by Gasteiger charge is 2.26. The van der Waals surface area contributed by atoms with Gasteiger partial charge in [0.05, 0.1) is 5.69 Å². The fourth-order valence-electron chi connectivity index (χ4n) is 2.63. The summed E-state index contributed by atoms with van der Waals surface area (Å²) in [6, 6.07) is 24.2. The van der Waals surface area contributed by atoms with E-state index in [9.17, 15) is 0 Å². The first kappa shape index (κ1) is 12.4. The standard InChI is InChI=1S/C18H13NOS/c21-17-12-6-11-16-18(17)19(13-7-2-1-3-8-13)14-9-4-5-10-15(14)20-16/h1-12,21H. The normalized spacial score (nSPS) is 12.3. The van der Waals surface area contributed by atoms with Crippen molar-refractivity contribution in [2.24, 2.45) is 0 Å². The van der Waals surface area contributed by atoms with Crippen LogP contribution in [0.5, 0.6) is 11.5 Å². The largest absolute Gasteiger partial charge is 0.453 e. The molecule has 0 radical (unpaired) electrons.